The van der Waals surface area contributed by atoms with E-state index in [2.05, 4.69) is 0 Å². The minimum absolute atomic E-state index is 0.409. The Kier molecular flexibility index (Phi) is 5.06. The van der Waals surface area contributed by atoms with Crippen LogP contribution in [0.4, 0.5) is 0 Å². The molecule has 13 heavy (non-hydrogen) atoms. The van der Waals surface area contributed by atoms with Crippen LogP contribution in [0.25, 0.3) is 0 Å². The fourth-order valence-electron chi connectivity index (χ4n) is 1.80. The summed E-state index contributed by atoms with van der Waals surface area (Å²) in [5.74, 6) is 1.23. The van der Waals surface area contributed by atoms with Crippen LogP contribution < -0.4 is 0 Å². The molecule has 0 atom stereocenters. The Morgan fingerprint density at radius 1 is 1.38 bits per heavy atom. The Morgan fingerprint density at radius 2 is 2.08 bits per heavy atom. The molecule has 0 radical (unpaired) electrons. The van der Waals surface area contributed by atoms with Crippen molar-refractivity contribution in [3.05, 3.63) is 0 Å². The minimum Gasteiger partial charge on any atom is -0.381 e. The molecule has 1 aliphatic heterocycles. The smallest absolute Gasteiger partial charge is 0.132 e. The Hall–Kier alpha value is -0.370. The van der Waals surface area contributed by atoms with Crippen LogP contribution in [0, 0.1) is 5.92 Å². The zero-order valence-electron chi connectivity index (χ0n) is 8.55. The molecule has 1 aliphatic rings. The molecule has 1 saturated heterocycles. The molecule has 2 heteroatoms. The second-order valence-corrected chi connectivity index (χ2v) is 3.84. The molecule has 0 amide bonds. The quantitative estimate of drug-likeness (QED) is 0.656. The molecule has 1 heterocycles. The predicted molar refractivity (Wildman–Crippen MR) is 52.7 cm³/mol. The lowest BCUT2D eigenvalue weighted by Gasteiger charge is -2.21. The van der Waals surface area contributed by atoms with Crippen molar-refractivity contribution in [2.24, 2.45) is 5.92 Å². The molecule has 1 rings (SSSR count). The maximum Gasteiger partial charge on any atom is 0.132 e. The Labute approximate surface area is 80.7 Å². The maximum absolute atomic E-state index is 11.0. The summed E-state index contributed by atoms with van der Waals surface area (Å²) in [6.07, 6.45) is 6.18. The van der Waals surface area contributed by atoms with Gasteiger partial charge in [0.2, 0.25) is 0 Å². The van der Waals surface area contributed by atoms with Gasteiger partial charge in [0.1, 0.15) is 5.78 Å². The summed E-state index contributed by atoms with van der Waals surface area (Å²) in [6.45, 7) is 3.79. The molecule has 0 aromatic carbocycles. The number of carbonyl (C=O) groups is 1. The second-order valence-electron chi connectivity index (χ2n) is 3.84. The van der Waals surface area contributed by atoms with E-state index in [9.17, 15) is 4.79 Å². The molecular weight excluding hydrogens is 164 g/mol. The number of Topliss-reactive ketones (excluding diaryl/α,β-unsaturated/α-hetero) is 1. The minimum atomic E-state index is 0.409. The van der Waals surface area contributed by atoms with Crippen molar-refractivity contribution >= 4 is 5.78 Å². The van der Waals surface area contributed by atoms with Gasteiger partial charge >= 0.3 is 0 Å². The van der Waals surface area contributed by atoms with E-state index in [1.807, 2.05) is 6.92 Å². The Morgan fingerprint density at radius 3 is 2.69 bits per heavy atom. The number of rotatable bonds is 5. The molecular formula is C11H20O2. The van der Waals surface area contributed by atoms with E-state index in [0.717, 1.165) is 32.0 Å². The van der Waals surface area contributed by atoms with Crippen LogP contribution in [0.15, 0.2) is 0 Å². The first kappa shape index (κ1) is 10.7. The van der Waals surface area contributed by atoms with E-state index in [1.54, 1.807) is 0 Å². The molecule has 0 aromatic rings. The summed E-state index contributed by atoms with van der Waals surface area (Å²) in [7, 11) is 0. The van der Waals surface area contributed by atoms with Crippen LogP contribution in [0.5, 0.6) is 0 Å². The third-order valence-electron chi connectivity index (χ3n) is 2.80. The van der Waals surface area contributed by atoms with Gasteiger partial charge in [0.15, 0.2) is 0 Å². The molecule has 0 unspecified atom stereocenters. The summed E-state index contributed by atoms with van der Waals surface area (Å²) in [6, 6.07) is 0. The lowest BCUT2D eigenvalue weighted by Crippen LogP contribution is -2.15. The first-order valence-corrected chi connectivity index (χ1v) is 5.42. The van der Waals surface area contributed by atoms with Crippen LogP contribution in [-0.2, 0) is 9.53 Å². The van der Waals surface area contributed by atoms with Gasteiger partial charge in [0.25, 0.3) is 0 Å². The number of hydrogen-bond acceptors (Lipinski definition) is 2. The fourth-order valence-corrected chi connectivity index (χ4v) is 1.80. The highest BCUT2D eigenvalue weighted by atomic mass is 16.5. The lowest BCUT2D eigenvalue weighted by molar-refractivity contribution is -0.118. The van der Waals surface area contributed by atoms with Gasteiger partial charge < -0.3 is 4.74 Å². The molecule has 0 aromatic heterocycles. The molecule has 0 spiro atoms. The van der Waals surface area contributed by atoms with Gasteiger partial charge in [-0.2, -0.15) is 0 Å². The lowest BCUT2D eigenvalue weighted by atomic mass is 9.93. The third kappa shape index (κ3) is 4.41. The van der Waals surface area contributed by atoms with E-state index in [-0.39, 0.29) is 0 Å². The molecule has 0 N–H and O–H groups in total. The molecule has 0 saturated carbocycles. The third-order valence-corrected chi connectivity index (χ3v) is 2.80. The molecule has 76 valence electrons. The van der Waals surface area contributed by atoms with Gasteiger partial charge in [-0.1, -0.05) is 6.92 Å². The largest absolute Gasteiger partial charge is 0.381 e. The Balaban J connectivity index is 2.01. The van der Waals surface area contributed by atoms with E-state index >= 15 is 0 Å². The average molecular weight is 184 g/mol. The summed E-state index contributed by atoms with van der Waals surface area (Å²) >= 11 is 0. The zero-order chi connectivity index (χ0) is 9.52. The molecule has 0 aliphatic carbocycles. The van der Waals surface area contributed by atoms with Gasteiger partial charge in [0.05, 0.1) is 0 Å². The number of hydrogen-bond donors (Lipinski definition) is 0. The van der Waals surface area contributed by atoms with E-state index in [0.29, 0.717) is 12.2 Å². The number of ketones is 1. The molecule has 2 nitrogen and oxygen atoms in total. The summed E-state index contributed by atoms with van der Waals surface area (Å²) in [5, 5.41) is 0. The maximum atomic E-state index is 11.0. The average Bonchev–Trinajstić information content (AvgIpc) is 2.19. The van der Waals surface area contributed by atoms with E-state index in [4.69, 9.17) is 4.74 Å². The van der Waals surface area contributed by atoms with Crippen molar-refractivity contribution in [3.63, 3.8) is 0 Å². The molecule has 1 fully saturated rings. The second kappa shape index (κ2) is 6.14. The monoisotopic (exact) mass is 184 g/mol. The van der Waals surface area contributed by atoms with Gasteiger partial charge in [-0.3, -0.25) is 4.79 Å². The van der Waals surface area contributed by atoms with Crippen molar-refractivity contribution in [1.82, 2.24) is 0 Å². The topological polar surface area (TPSA) is 26.3 Å². The van der Waals surface area contributed by atoms with Crippen LogP contribution in [0.3, 0.4) is 0 Å². The first-order valence-electron chi connectivity index (χ1n) is 5.42. The first-order chi connectivity index (χ1) is 6.33. The van der Waals surface area contributed by atoms with E-state index < -0.39 is 0 Å². The van der Waals surface area contributed by atoms with Gasteiger partial charge in [-0.05, 0) is 31.6 Å². The zero-order valence-corrected chi connectivity index (χ0v) is 8.55. The van der Waals surface area contributed by atoms with Gasteiger partial charge in [0, 0.05) is 26.1 Å². The van der Waals surface area contributed by atoms with Crippen molar-refractivity contribution in [3.8, 4) is 0 Å². The van der Waals surface area contributed by atoms with Crippen LogP contribution in [-0.4, -0.2) is 19.0 Å². The normalized spacial score (nSPS) is 18.8. The predicted octanol–water partition coefficient (Wildman–Crippen LogP) is 2.56. The molecule has 0 bridgehead atoms. The van der Waals surface area contributed by atoms with Crippen LogP contribution in [0.2, 0.25) is 0 Å². The van der Waals surface area contributed by atoms with Crippen molar-refractivity contribution in [2.45, 2.75) is 45.4 Å². The van der Waals surface area contributed by atoms with Crippen molar-refractivity contribution < 1.29 is 9.53 Å². The standard InChI is InChI=1S/C11H20O2/c1-2-11(12)5-3-4-10-6-8-13-9-7-10/h10H,2-9H2,1H3. The highest BCUT2D eigenvalue weighted by Gasteiger charge is 2.13. The highest BCUT2D eigenvalue weighted by Crippen LogP contribution is 2.20. The number of carbonyl (C=O) groups excluding carboxylic acids is 1. The number of ether oxygens (including phenoxy) is 1. The fraction of sp³-hybridized carbons (Fsp3) is 0.909. The SMILES string of the molecule is CCC(=O)CCCC1CCOCC1. The Bertz CT molecular complexity index is 148. The van der Waals surface area contributed by atoms with Gasteiger partial charge in [-0.25, -0.2) is 0 Å². The van der Waals surface area contributed by atoms with Gasteiger partial charge in [-0.15, -0.1) is 0 Å². The summed E-state index contributed by atoms with van der Waals surface area (Å²) < 4.78 is 5.28. The van der Waals surface area contributed by atoms with Crippen molar-refractivity contribution in [1.29, 1.82) is 0 Å². The van der Waals surface area contributed by atoms with Crippen LogP contribution in [0.1, 0.15) is 45.4 Å². The summed E-state index contributed by atoms with van der Waals surface area (Å²) in [5.41, 5.74) is 0. The van der Waals surface area contributed by atoms with E-state index in [1.165, 1.54) is 19.3 Å². The summed E-state index contributed by atoms with van der Waals surface area (Å²) in [4.78, 5) is 11.0. The highest BCUT2D eigenvalue weighted by molar-refractivity contribution is 5.77. The van der Waals surface area contributed by atoms with Crippen molar-refractivity contribution in [2.75, 3.05) is 13.2 Å². The van der Waals surface area contributed by atoms with Crippen LogP contribution >= 0.6 is 0 Å².